The van der Waals surface area contributed by atoms with Crippen LogP contribution in [0.4, 0.5) is 4.79 Å². The summed E-state index contributed by atoms with van der Waals surface area (Å²) in [5.74, 6) is -1.25. The molecule has 0 heterocycles. The van der Waals surface area contributed by atoms with Gasteiger partial charge in [0.25, 0.3) is 0 Å². The first-order valence-corrected chi connectivity index (χ1v) is 13.2. The maximum absolute atomic E-state index is 12.4. The number of hydrogen-bond acceptors (Lipinski definition) is 10. The van der Waals surface area contributed by atoms with E-state index >= 15 is 0 Å². The highest BCUT2D eigenvalue weighted by atomic mass is 16.7. The third-order valence-corrected chi connectivity index (χ3v) is 5.09. The Morgan fingerprint density at radius 1 is 0.842 bits per heavy atom. The Labute approximate surface area is 225 Å². The summed E-state index contributed by atoms with van der Waals surface area (Å²) in [5.41, 5.74) is 6.60. The first kappa shape index (κ1) is 32.9. The van der Waals surface area contributed by atoms with Gasteiger partial charge in [-0.25, -0.2) is 4.79 Å². The van der Waals surface area contributed by atoms with Gasteiger partial charge in [-0.05, 0) is 49.3 Å². The van der Waals surface area contributed by atoms with Gasteiger partial charge < -0.3 is 29.4 Å². The van der Waals surface area contributed by atoms with E-state index in [1.165, 1.54) is 12.1 Å². The average molecular weight is 538 g/mol. The molecule has 2 N–H and O–H groups in total. The zero-order valence-electron chi connectivity index (χ0n) is 23.4. The molecule has 1 aromatic carbocycles. The van der Waals surface area contributed by atoms with Crippen LogP contribution in [0.15, 0.2) is 18.2 Å². The first-order valence-electron chi connectivity index (χ1n) is 13.2. The SMILES string of the molecule is CCCCCOC(=O)O[C@@H](C)COC(=O)[C@@H](N)Cc1ccc(OC(=O)CC(C)C)c(OC(=O)CC(C)C)c1. The van der Waals surface area contributed by atoms with Crippen LogP contribution in [0.1, 0.15) is 79.2 Å². The predicted molar refractivity (Wildman–Crippen MR) is 141 cm³/mol. The van der Waals surface area contributed by atoms with E-state index in [1.54, 1.807) is 13.0 Å². The zero-order valence-corrected chi connectivity index (χ0v) is 23.4. The van der Waals surface area contributed by atoms with Gasteiger partial charge in [0, 0.05) is 12.8 Å². The average Bonchev–Trinajstić information content (AvgIpc) is 2.80. The number of carbonyl (C=O) groups is 4. The summed E-state index contributed by atoms with van der Waals surface area (Å²) in [7, 11) is 0. The zero-order chi connectivity index (χ0) is 28.7. The summed E-state index contributed by atoms with van der Waals surface area (Å²) in [6.07, 6.45) is 1.64. The molecule has 0 bridgehead atoms. The van der Waals surface area contributed by atoms with Crippen molar-refractivity contribution < 1.29 is 42.9 Å². The van der Waals surface area contributed by atoms with E-state index in [1.807, 2.05) is 34.6 Å². The lowest BCUT2D eigenvalue weighted by molar-refractivity contribution is -0.148. The fourth-order valence-electron chi connectivity index (χ4n) is 3.22. The first-order chi connectivity index (χ1) is 17.9. The highest BCUT2D eigenvalue weighted by Gasteiger charge is 2.21. The van der Waals surface area contributed by atoms with Crippen molar-refractivity contribution in [1.82, 2.24) is 0 Å². The predicted octanol–water partition coefficient (Wildman–Crippen LogP) is 4.73. The molecule has 214 valence electrons. The van der Waals surface area contributed by atoms with Gasteiger partial charge in [-0.3, -0.25) is 14.4 Å². The molecule has 2 atom stereocenters. The van der Waals surface area contributed by atoms with Crippen LogP contribution in [0.5, 0.6) is 11.5 Å². The number of nitrogens with two attached hydrogens (primary N) is 1. The Bertz CT molecular complexity index is 914. The minimum absolute atomic E-state index is 0.0719. The standard InChI is InChI=1S/C28H43NO9/c1-7-8-9-12-34-28(33)36-20(6)17-35-27(32)22(29)15-21-10-11-23(37-25(30)13-18(2)3)24(16-21)38-26(31)14-19(4)5/h10-11,16,18-20,22H,7-9,12-15,17,29H2,1-6H3/t20-,22-/m0/s1. The third-order valence-electron chi connectivity index (χ3n) is 5.09. The Morgan fingerprint density at radius 2 is 1.45 bits per heavy atom. The smallest absolute Gasteiger partial charge is 0.461 e. The van der Waals surface area contributed by atoms with E-state index < -0.39 is 36.2 Å². The molecule has 0 aliphatic carbocycles. The van der Waals surface area contributed by atoms with Crippen molar-refractivity contribution in [3.05, 3.63) is 23.8 Å². The summed E-state index contributed by atoms with van der Waals surface area (Å²) in [6.45, 7) is 11.3. The van der Waals surface area contributed by atoms with E-state index in [9.17, 15) is 19.2 Å². The van der Waals surface area contributed by atoms with E-state index in [0.717, 1.165) is 19.3 Å². The molecule has 1 aromatic rings. The quantitative estimate of drug-likeness (QED) is 0.179. The molecule has 0 amide bonds. The Hall–Kier alpha value is -3.14. The fourth-order valence-corrected chi connectivity index (χ4v) is 3.22. The highest BCUT2D eigenvalue weighted by Crippen LogP contribution is 2.30. The van der Waals surface area contributed by atoms with Crippen molar-refractivity contribution in [1.29, 1.82) is 0 Å². The number of ether oxygens (including phenoxy) is 5. The normalized spacial score (nSPS) is 12.6. The third kappa shape index (κ3) is 14.0. The van der Waals surface area contributed by atoms with Gasteiger partial charge in [0.1, 0.15) is 18.8 Å². The molecular weight excluding hydrogens is 494 g/mol. The van der Waals surface area contributed by atoms with Crippen molar-refractivity contribution in [3.8, 4) is 11.5 Å². The lowest BCUT2D eigenvalue weighted by Crippen LogP contribution is -2.36. The van der Waals surface area contributed by atoms with E-state index in [2.05, 4.69) is 0 Å². The van der Waals surface area contributed by atoms with Gasteiger partial charge in [-0.2, -0.15) is 0 Å². The Kier molecular flexibility index (Phi) is 15.0. The van der Waals surface area contributed by atoms with Gasteiger partial charge >= 0.3 is 24.1 Å². The largest absolute Gasteiger partial charge is 0.508 e. The maximum atomic E-state index is 12.4. The molecular formula is C28H43NO9. The molecule has 0 aromatic heterocycles. The summed E-state index contributed by atoms with van der Waals surface area (Å²) in [6, 6.07) is 3.62. The van der Waals surface area contributed by atoms with Crippen LogP contribution in [0.25, 0.3) is 0 Å². The van der Waals surface area contributed by atoms with Crippen LogP contribution in [-0.2, 0) is 35.0 Å². The topological polar surface area (TPSA) is 140 Å². The van der Waals surface area contributed by atoms with Crippen LogP contribution < -0.4 is 15.2 Å². The maximum Gasteiger partial charge on any atom is 0.508 e. The van der Waals surface area contributed by atoms with Crippen molar-refractivity contribution in [2.75, 3.05) is 13.2 Å². The number of benzene rings is 1. The second-order valence-corrected chi connectivity index (χ2v) is 10.1. The van der Waals surface area contributed by atoms with Gasteiger partial charge in [0.2, 0.25) is 0 Å². The van der Waals surface area contributed by atoms with Crippen LogP contribution in [0, 0.1) is 11.8 Å². The Balaban J connectivity index is 2.75. The minimum Gasteiger partial charge on any atom is -0.461 e. The molecule has 0 saturated heterocycles. The molecule has 10 nitrogen and oxygen atoms in total. The lowest BCUT2D eigenvalue weighted by Gasteiger charge is -2.17. The molecule has 0 radical (unpaired) electrons. The summed E-state index contributed by atoms with van der Waals surface area (Å²) in [5, 5.41) is 0. The van der Waals surface area contributed by atoms with Crippen LogP contribution in [0.3, 0.4) is 0 Å². The summed E-state index contributed by atoms with van der Waals surface area (Å²) >= 11 is 0. The van der Waals surface area contributed by atoms with Gasteiger partial charge in [-0.1, -0.05) is 53.5 Å². The molecule has 10 heteroatoms. The highest BCUT2D eigenvalue weighted by molar-refractivity contribution is 5.77. The summed E-state index contributed by atoms with van der Waals surface area (Å²) in [4.78, 5) is 48.5. The fraction of sp³-hybridized carbons (Fsp3) is 0.643. The molecule has 0 saturated carbocycles. The molecule has 38 heavy (non-hydrogen) atoms. The monoisotopic (exact) mass is 537 g/mol. The Morgan fingerprint density at radius 3 is 2.03 bits per heavy atom. The molecule has 1 rings (SSSR count). The molecule has 0 unspecified atom stereocenters. The van der Waals surface area contributed by atoms with Gasteiger partial charge in [-0.15, -0.1) is 0 Å². The van der Waals surface area contributed by atoms with E-state index in [4.69, 9.17) is 29.4 Å². The number of hydrogen-bond donors (Lipinski definition) is 1. The molecule has 0 aliphatic heterocycles. The summed E-state index contributed by atoms with van der Waals surface area (Å²) < 4.78 is 26.1. The van der Waals surface area contributed by atoms with Crippen LogP contribution >= 0.6 is 0 Å². The molecule has 0 aliphatic rings. The number of carbonyl (C=O) groups excluding carboxylic acids is 4. The van der Waals surface area contributed by atoms with Gasteiger partial charge in [0.05, 0.1) is 6.61 Å². The van der Waals surface area contributed by atoms with Gasteiger partial charge in [0.15, 0.2) is 11.5 Å². The van der Waals surface area contributed by atoms with Crippen molar-refractivity contribution in [3.63, 3.8) is 0 Å². The number of unbranched alkanes of at least 4 members (excludes halogenated alkanes) is 2. The molecule has 0 fully saturated rings. The second kappa shape index (κ2) is 17.4. The van der Waals surface area contributed by atoms with Crippen molar-refractivity contribution in [2.45, 2.75) is 92.2 Å². The van der Waals surface area contributed by atoms with E-state index in [-0.39, 0.29) is 55.8 Å². The second-order valence-electron chi connectivity index (χ2n) is 10.1. The van der Waals surface area contributed by atoms with Crippen molar-refractivity contribution >= 4 is 24.1 Å². The molecule has 0 spiro atoms. The van der Waals surface area contributed by atoms with E-state index in [0.29, 0.717) is 5.56 Å². The van der Waals surface area contributed by atoms with Crippen LogP contribution in [0.2, 0.25) is 0 Å². The number of esters is 3. The van der Waals surface area contributed by atoms with Crippen LogP contribution in [-0.4, -0.2) is 49.4 Å². The number of rotatable bonds is 16. The lowest BCUT2D eigenvalue weighted by atomic mass is 10.1. The minimum atomic E-state index is -1.03. The van der Waals surface area contributed by atoms with Crippen molar-refractivity contribution in [2.24, 2.45) is 17.6 Å².